The molecule has 0 radical (unpaired) electrons. The van der Waals surface area contributed by atoms with E-state index < -0.39 is 0 Å². The molecule has 0 bridgehead atoms. The van der Waals surface area contributed by atoms with Gasteiger partial charge >= 0.3 is 0 Å². The molecule has 2 aromatic rings. The minimum Gasteiger partial charge on any atom is -0.364 e. The Morgan fingerprint density at radius 2 is 1.35 bits per heavy atom. The molecule has 0 saturated carbocycles. The molecule has 17 heavy (non-hydrogen) atoms. The van der Waals surface area contributed by atoms with Crippen LogP contribution < -0.4 is 10.6 Å². The van der Waals surface area contributed by atoms with Gasteiger partial charge in [0.1, 0.15) is 0 Å². The number of rotatable bonds is 3. The molecule has 0 aliphatic carbocycles. The van der Waals surface area contributed by atoms with E-state index >= 15 is 0 Å². The third-order valence-electron chi connectivity index (χ3n) is 3.15. The van der Waals surface area contributed by atoms with Gasteiger partial charge in [0.15, 0.2) is 0 Å². The van der Waals surface area contributed by atoms with Crippen molar-refractivity contribution in [2.45, 2.75) is 19.0 Å². The van der Waals surface area contributed by atoms with Gasteiger partial charge in [0.05, 0.1) is 17.5 Å². The zero-order chi connectivity index (χ0) is 11.5. The molecule has 0 spiro atoms. The van der Waals surface area contributed by atoms with E-state index in [0.717, 1.165) is 12.8 Å². The summed E-state index contributed by atoms with van der Waals surface area (Å²) in [6.07, 6.45) is 2.55. The molecule has 2 N–H and O–H groups in total. The lowest BCUT2D eigenvalue weighted by Crippen LogP contribution is -2.22. The Morgan fingerprint density at radius 3 is 2.00 bits per heavy atom. The average Bonchev–Trinajstić information content (AvgIpc) is 2.80. The first kappa shape index (κ1) is 10.2. The van der Waals surface area contributed by atoms with Crippen molar-refractivity contribution in [2.24, 2.45) is 0 Å². The first-order chi connectivity index (χ1) is 8.42. The highest BCUT2D eigenvalue weighted by Crippen LogP contribution is 2.29. The van der Waals surface area contributed by atoms with Crippen molar-refractivity contribution in [3.05, 3.63) is 60.2 Å². The van der Waals surface area contributed by atoms with Crippen molar-refractivity contribution in [1.29, 1.82) is 0 Å². The van der Waals surface area contributed by atoms with Gasteiger partial charge in [0, 0.05) is 0 Å². The Hall–Kier alpha value is -1.96. The van der Waals surface area contributed by atoms with Gasteiger partial charge in [0.25, 0.3) is 0 Å². The van der Waals surface area contributed by atoms with Gasteiger partial charge < -0.3 is 10.6 Å². The van der Waals surface area contributed by atoms with E-state index in [1.54, 1.807) is 0 Å². The predicted molar refractivity (Wildman–Crippen MR) is 72.2 cm³/mol. The maximum Gasteiger partial charge on any atom is 0.0968 e. The maximum atomic E-state index is 3.49. The van der Waals surface area contributed by atoms with Crippen LogP contribution in [0.4, 0.5) is 11.4 Å². The molecule has 0 aromatic heterocycles. The standard InChI is InChI=1S/C15H16N2/c1-2-6-12(7-3-1)10-11-15-16-13-8-4-5-9-14(13)17-15/h1-9,15-17H,10-11H2. The van der Waals surface area contributed by atoms with Gasteiger partial charge in [-0.2, -0.15) is 0 Å². The van der Waals surface area contributed by atoms with Crippen molar-refractivity contribution >= 4 is 11.4 Å². The molecule has 0 atom stereocenters. The zero-order valence-electron chi connectivity index (χ0n) is 9.69. The SMILES string of the molecule is c1ccc(CCC2Nc3ccccc3N2)cc1. The second-order valence-corrected chi connectivity index (χ2v) is 4.41. The lowest BCUT2D eigenvalue weighted by Gasteiger charge is -2.12. The van der Waals surface area contributed by atoms with Gasteiger partial charge in [-0.05, 0) is 30.5 Å². The molecule has 2 nitrogen and oxygen atoms in total. The van der Waals surface area contributed by atoms with E-state index in [4.69, 9.17) is 0 Å². The monoisotopic (exact) mass is 224 g/mol. The Labute approximate surface area is 102 Å². The second-order valence-electron chi connectivity index (χ2n) is 4.41. The summed E-state index contributed by atoms with van der Waals surface area (Å²) >= 11 is 0. The number of anilines is 2. The molecular formula is C15H16N2. The Morgan fingerprint density at radius 1 is 0.765 bits per heavy atom. The van der Waals surface area contributed by atoms with Crippen molar-refractivity contribution in [3.8, 4) is 0 Å². The van der Waals surface area contributed by atoms with Crippen LogP contribution in [0.25, 0.3) is 0 Å². The van der Waals surface area contributed by atoms with Crippen LogP contribution in [-0.4, -0.2) is 6.17 Å². The summed E-state index contributed by atoms with van der Waals surface area (Å²) in [6, 6.07) is 19.0. The number of nitrogens with one attached hydrogen (secondary N) is 2. The minimum atomic E-state index is 0.354. The summed E-state index contributed by atoms with van der Waals surface area (Å²) in [6.45, 7) is 0. The number of benzene rings is 2. The van der Waals surface area contributed by atoms with Crippen LogP contribution in [0.1, 0.15) is 12.0 Å². The summed E-state index contributed by atoms with van der Waals surface area (Å²) in [5.74, 6) is 0. The summed E-state index contributed by atoms with van der Waals surface area (Å²) < 4.78 is 0. The zero-order valence-corrected chi connectivity index (χ0v) is 9.69. The third kappa shape index (κ3) is 2.26. The quantitative estimate of drug-likeness (QED) is 0.834. The predicted octanol–water partition coefficient (Wildman–Crippen LogP) is 3.48. The molecule has 2 aromatic carbocycles. The first-order valence-electron chi connectivity index (χ1n) is 6.08. The number of hydrogen-bond donors (Lipinski definition) is 2. The molecule has 1 aliphatic heterocycles. The molecular weight excluding hydrogens is 208 g/mol. The van der Waals surface area contributed by atoms with Crippen molar-refractivity contribution in [2.75, 3.05) is 10.6 Å². The fraction of sp³-hybridized carbons (Fsp3) is 0.200. The Bertz CT molecular complexity index is 468. The fourth-order valence-electron chi connectivity index (χ4n) is 2.25. The molecule has 2 heteroatoms. The first-order valence-corrected chi connectivity index (χ1v) is 6.08. The second kappa shape index (κ2) is 4.50. The lowest BCUT2D eigenvalue weighted by molar-refractivity contribution is 0.735. The summed E-state index contributed by atoms with van der Waals surface area (Å²) in [5, 5.41) is 6.99. The van der Waals surface area contributed by atoms with Crippen LogP contribution in [0.3, 0.4) is 0 Å². The Kier molecular flexibility index (Phi) is 2.70. The fourth-order valence-corrected chi connectivity index (χ4v) is 2.25. The van der Waals surface area contributed by atoms with Gasteiger partial charge in [-0.25, -0.2) is 0 Å². The topological polar surface area (TPSA) is 24.1 Å². The molecule has 1 heterocycles. The largest absolute Gasteiger partial charge is 0.364 e. The average molecular weight is 224 g/mol. The van der Waals surface area contributed by atoms with Crippen molar-refractivity contribution in [3.63, 3.8) is 0 Å². The highest BCUT2D eigenvalue weighted by molar-refractivity contribution is 5.74. The smallest absolute Gasteiger partial charge is 0.0968 e. The molecule has 0 saturated heterocycles. The summed E-state index contributed by atoms with van der Waals surface area (Å²) in [4.78, 5) is 0. The number of fused-ring (bicyclic) bond motifs is 1. The minimum absolute atomic E-state index is 0.354. The lowest BCUT2D eigenvalue weighted by atomic mass is 10.1. The molecule has 1 aliphatic rings. The van der Waals surface area contributed by atoms with Gasteiger partial charge in [-0.3, -0.25) is 0 Å². The van der Waals surface area contributed by atoms with E-state index in [1.807, 2.05) is 0 Å². The summed E-state index contributed by atoms with van der Waals surface area (Å²) in [7, 11) is 0. The van der Waals surface area contributed by atoms with Crippen LogP contribution >= 0.6 is 0 Å². The van der Waals surface area contributed by atoms with Crippen molar-refractivity contribution in [1.82, 2.24) is 0 Å². The maximum absolute atomic E-state index is 3.49. The summed E-state index contributed by atoms with van der Waals surface area (Å²) in [5.41, 5.74) is 3.82. The van der Waals surface area contributed by atoms with Crippen molar-refractivity contribution < 1.29 is 0 Å². The third-order valence-corrected chi connectivity index (χ3v) is 3.15. The van der Waals surface area contributed by atoms with Crippen LogP contribution in [0.2, 0.25) is 0 Å². The molecule has 0 unspecified atom stereocenters. The van der Waals surface area contributed by atoms with Crippen LogP contribution in [0, 0.1) is 0 Å². The van der Waals surface area contributed by atoms with Gasteiger partial charge in [-0.1, -0.05) is 42.5 Å². The van der Waals surface area contributed by atoms with E-state index in [1.165, 1.54) is 16.9 Å². The van der Waals surface area contributed by atoms with Crippen LogP contribution in [0.15, 0.2) is 54.6 Å². The highest BCUT2D eigenvalue weighted by atomic mass is 15.2. The number of para-hydroxylation sites is 2. The molecule has 0 amide bonds. The normalized spacial score (nSPS) is 13.9. The number of aryl methyl sites for hydroxylation is 1. The highest BCUT2D eigenvalue weighted by Gasteiger charge is 2.17. The Balaban J connectivity index is 1.59. The van der Waals surface area contributed by atoms with Crippen LogP contribution in [-0.2, 0) is 6.42 Å². The molecule has 3 rings (SSSR count). The van der Waals surface area contributed by atoms with E-state index in [2.05, 4.69) is 65.2 Å². The van der Waals surface area contributed by atoms with E-state index in [9.17, 15) is 0 Å². The van der Waals surface area contributed by atoms with E-state index in [-0.39, 0.29) is 0 Å². The molecule has 86 valence electrons. The van der Waals surface area contributed by atoms with E-state index in [0.29, 0.717) is 6.17 Å². The molecule has 0 fully saturated rings. The van der Waals surface area contributed by atoms with Gasteiger partial charge in [-0.15, -0.1) is 0 Å². The van der Waals surface area contributed by atoms with Crippen LogP contribution in [0.5, 0.6) is 0 Å². The van der Waals surface area contributed by atoms with Gasteiger partial charge in [0.2, 0.25) is 0 Å². The number of hydrogen-bond acceptors (Lipinski definition) is 2.